The molecule has 1 heterocycles. The maximum Gasteiger partial charge on any atom is 0.301 e. The zero-order chi connectivity index (χ0) is 18.3. The summed E-state index contributed by atoms with van der Waals surface area (Å²) < 4.78 is 0. The van der Waals surface area contributed by atoms with Crippen LogP contribution in [0.25, 0.3) is 5.57 Å². The molecule has 1 aliphatic heterocycles. The summed E-state index contributed by atoms with van der Waals surface area (Å²) in [7, 11) is 3.82. The van der Waals surface area contributed by atoms with Crippen LogP contribution in [0.2, 0.25) is 0 Å². The number of aryl methyl sites for hydroxylation is 2. The summed E-state index contributed by atoms with van der Waals surface area (Å²) in [5.74, 6) is -1.71. The fraction of sp³-hybridized carbons (Fsp3) is 0.200. The van der Waals surface area contributed by atoms with Crippen LogP contribution in [0, 0.1) is 13.8 Å². The number of imide groups is 1. The smallest absolute Gasteiger partial charge is 0.301 e. The van der Waals surface area contributed by atoms with Gasteiger partial charge in [0.25, 0.3) is 5.91 Å². The molecule has 2 aromatic carbocycles. The van der Waals surface area contributed by atoms with E-state index in [-0.39, 0.29) is 5.57 Å². The molecule has 0 fully saturated rings. The standard InChI is InChI=1S/C20H20N2O3/c1-12-5-10-16(13(2)11-12)17-18(23)20(25)22(19(17)24)15-8-6-14(7-9-15)21(3)4/h5-11,23H,1-4H3. The SMILES string of the molecule is Cc1ccc(C2=C(O)C(=O)N(c3ccc(N(C)C)cc3)C2=O)c(C)c1. The quantitative estimate of drug-likeness (QED) is 0.875. The van der Waals surface area contributed by atoms with E-state index in [4.69, 9.17) is 0 Å². The van der Waals surface area contributed by atoms with Crippen molar-refractivity contribution in [3.05, 3.63) is 64.9 Å². The lowest BCUT2D eigenvalue weighted by atomic mass is 9.98. The average Bonchev–Trinajstić information content (AvgIpc) is 2.78. The minimum absolute atomic E-state index is 0.0548. The van der Waals surface area contributed by atoms with Gasteiger partial charge in [-0.05, 0) is 49.2 Å². The molecule has 128 valence electrons. The summed E-state index contributed by atoms with van der Waals surface area (Å²) in [5.41, 5.74) is 3.91. The van der Waals surface area contributed by atoms with Crippen LogP contribution in [0.4, 0.5) is 11.4 Å². The molecule has 0 bridgehead atoms. The summed E-state index contributed by atoms with van der Waals surface area (Å²) in [5, 5.41) is 10.3. The lowest BCUT2D eigenvalue weighted by molar-refractivity contribution is -0.121. The first-order valence-corrected chi connectivity index (χ1v) is 7.98. The maximum atomic E-state index is 12.9. The number of hydrogen-bond donors (Lipinski definition) is 1. The normalized spacial score (nSPS) is 14.5. The third kappa shape index (κ3) is 2.78. The molecule has 3 rings (SSSR count). The van der Waals surface area contributed by atoms with Gasteiger partial charge in [0.05, 0.1) is 11.3 Å². The van der Waals surface area contributed by atoms with Crippen molar-refractivity contribution < 1.29 is 14.7 Å². The van der Waals surface area contributed by atoms with Crippen molar-refractivity contribution in [3.8, 4) is 0 Å². The fourth-order valence-electron chi connectivity index (χ4n) is 2.99. The number of aliphatic hydroxyl groups excluding tert-OH is 1. The molecule has 2 amide bonds. The molecule has 1 aliphatic rings. The van der Waals surface area contributed by atoms with Crippen LogP contribution < -0.4 is 9.80 Å². The Morgan fingerprint density at radius 1 is 0.920 bits per heavy atom. The minimum Gasteiger partial charge on any atom is -0.502 e. The third-order valence-corrected chi connectivity index (χ3v) is 4.33. The van der Waals surface area contributed by atoms with E-state index in [9.17, 15) is 14.7 Å². The Labute approximate surface area is 146 Å². The van der Waals surface area contributed by atoms with E-state index in [0.717, 1.165) is 21.7 Å². The molecule has 5 nitrogen and oxygen atoms in total. The second kappa shape index (κ2) is 6.09. The summed E-state index contributed by atoms with van der Waals surface area (Å²) in [6.45, 7) is 3.81. The summed E-state index contributed by atoms with van der Waals surface area (Å²) in [4.78, 5) is 28.3. The van der Waals surface area contributed by atoms with E-state index in [1.807, 2.05) is 57.1 Å². The summed E-state index contributed by atoms with van der Waals surface area (Å²) in [6.07, 6.45) is 0. The van der Waals surface area contributed by atoms with E-state index in [1.54, 1.807) is 18.2 Å². The van der Waals surface area contributed by atoms with Crippen molar-refractivity contribution in [2.45, 2.75) is 13.8 Å². The van der Waals surface area contributed by atoms with Crippen LogP contribution in [0.1, 0.15) is 16.7 Å². The molecule has 1 N–H and O–H groups in total. The van der Waals surface area contributed by atoms with Gasteiger partial charge in [0.15, 0.2) is 5.76 Å². The molecule has 0 saturated carbocycles. The van der Waals surface area contributed by atoms with Crippen LogP contribution in [-0.4, -0.2) is 31.0 Å². The number of nitrogens with zero attached hydrogens (tertiary/aromatic N) is 2. The lowest BCUT2D eigenvalue weighted by Crippen LogP contribution is -2.31. The Bertz CT molecular complexity index is 896. The zero-order valence-corrected chi connectivity index (χ0v) is 14.7. The van der Waals surface area contributed by atoms with Crippen molar-refractivity contribution in [2.75, 3.05) is 23.9 Å². The number of benzene rings is 2. The number of aliphatic hydroxyl groups is 1. The van der Waals surface area contributed by atoms with E-state index >= 15 is 0 Å². The predicted molar refractivity (Wildman–Crippen MR) is 98.7 cm³/mol. The van der Waals surface area contributed by atoms with Gasteiger partial charge in [-0.15, -0.1) is 0 Å². The van der Waals surface area contributed by atoms with Crippen LogP contribution in [-0.2, 0) is 9.59 Å². The van der Waals surface area contributed by atoms with Crippen LogP contribution in [0.3, 0.4) is 0 Å². The first-order chi connectivity index (χ1) is 11.8. The third-order valence-electron chi connectivity index (χ3n) is 4.33. The van der Waals surface area contributed by atoms with E-state index in [1.165, 1.54) is 0 Å². The van der Waals surface area contributed by atoms with Gasteiger partial charge in [-0.25, -0.2) is 4.90 Å². The number of hydrogen-bond acceptors (Lipinski definition) is 4. The van der Waals surface area contributed by atoms with Crippen LogP contribution >= 0.6 is 0 Å². The molecule has 0 aliphatic carbocycles. The highest BCUT2D eigenvalue weighted by molar-refractivity contribution is 6.45. The minimum atomic E-state index is -0.697. The first-order valence-electron chi connectivity index (χ1n) is 7.98. The molecule has 5 heteroatoms. The molecule has 0 saturated heterocycles. The van der Waals surface area contributed by atoms with E-state index in [0.29, 0.717) is 11.3 Å². The van der Waals surface area contributed by atoms with E-state index in [2.05, 4.69) is 0 Å². The van der Waals surface area contributed by atoms with Crippen LogP contribution in [0.5, 0.6) is 0 Å². The summed E-state index contributed by atoms with van der Waals surface area (Å²) in [6, 6.07) is 12.6. The lowest BCUT2D eigenvalue weighted by Gasteiger charge is -2.17. The fourth-order valence-corrected chi connectivity index (χ4v) is 2.99. The molecule has 0 unspecified atom stereocenters. The van der Waals surface area contributed by atoms with E-state index < -0.39 is 17.6 Å². The van der Waals surface area contributed by atoms with Gasteiger partial charge in [0.2, 0.25) is 0 Å². The Morgan fingerprint density at radius 2 is 1.56 bits per heavy atom. The van der Waals surface area contributed by atoms with Gasteiger partial charge in [0.1, 0.15) is 0 Å². The Kier molecular flexibility index (Phi) is 4.08. The first kappa shape index (κ1) is 16.8. The Morgan fingerprint density at radius 3 is 2.12 bits per heavy atom. The molecule has 25 heavy (non-hydrogen) atoms. The Hall–Kier alpha value is -3.08. The number of carbonyl (C=O) groups is 2. The molecular formula is C20H20N2O3. The van der Waals surface area contributed by atoms with Gasteiger partial charge in [-0.3, -0.25) is 9.59 Å². The van der Waals surface area contributed by atoms with Gasteiger partial charge in [-0.2, -0.15) is 0 Å². The van der Waals surface area contributed by atoms with Crippen molar-refractivity contribution in [1.29, 1.82) is 0 Å². The van der Waals surface area contributed by atoms with Crippen LogP contribution in [0.15, 0.2) is 48.2 Å². The summed E-state index contributed by atoms with van der Waals surface area (Å²) >= 11 is 0. The second-order valence-electron chi connectivity index (χ2n) is 6.40. The highest BCUT2D eigenvalue weighted by Crippen LogP contribution is 2.34. The number of carbonyl (C=O) groups excluding carboxylic acids is 2. The molecule has 0 atom stereocenters. The second-order valence-corrected chi connectivity index (χ2v) is 6.40. The monoisotopic (exact) mass is 336 g/mol. The van der Waals surface area contributed by atoms with Gasteiger partial charge in [0, 0.05) is 19.8 Å². The Balaban J connectivity index is 2.01. The highest BCUT2D eigenvalue weighted by Gasteiger charge is 2.40. The average molecular weight is 336 g/mol. The van der Waals surface area contributed by atoms with Crippen molar-refractivity contribution in [3.63, 3.8) is 0 Å². The molecule has 0 radical (unpaired) electrons. The zero-order valence-electron chi connectivity index (χ0n) is 14.7. The van der Waals surface area contributed by atoms with Crippen molar-refractivity contribution >= 4 is 28.8 Å². The highest BCUT2D eigenvalue weighted by atomic mass is 16.3. The molecular weight excluding hydrogens is 316 g/mol. The molecule has 0 aromatic heterocycles. The largest absolute Gasteiger partial charge is 0.502 e. The van der Waals surface area contributed by atoms with Gasteiger partial charge >= 0.3 is 5.91 Å². The molecule has 0 spiro atoms. The number of rotatable bonds is 3. The topological polar surface area (TPSA) is 60.9 Å². The predicted octanol–water partition coefficient (Wildman–Crippen LogP) is 3.21. The maximum absolute atomic E-state index is 12.9. The number of amides is 2. The van der Waals surface area contributed by atoms with Gasteiger partial charge in [-0.1, -0.05) is 23.8 Å². The number of anilines is 2. The molecule has 2 aromatic rings. The van der Waals surface area contributed by atoms with Crippen molar-refractivity contribution in [1.82, 2.24) is 0 Å². The van der Waals surface area contributed by atoms with Gasteiger partial charge < -0.3 is 10.0 Å². The van der Waals surface area contributed by atoms with Crippen molar-refractivity contribution in [2.24, 2.45) is 0 Å².